The first kappa shape index (κ1) is 20.6. The van der Waals surface area contributed by atoms with Crippen LogP contribution in [0.5, 0.6) is 0 Å². The van der Waals surface area contributed by atoms with Crippen molar-refractivity contribution in [3.63, 3.8) is 0 Å². The third-order valence-electron chi connectivity index (χ3n) is 4.49. The number of hydrogen-bond donors (Lipinski definition) is 0. The molecule has 0 spiro atoms. The van der Waals surface area contributed by atoms with E-state index in [-0.39, 0.29) is 5.91 Å². The quantitative estimate of drug-likeness (QED) is 0.485. The van der Waals surface area contributed by atoms with Gasteiger partial charge in [-0.25, -0.2) is 0 Å². The van der Waals surface area contributed by atoms with Crippen LogP contribution in [0.1, 0.15) is 57.7 Å². The van der Waals surface area contributed by atoms with E-state index in [1.807, 2.05) is 23.1 Å². The van der Waals surface area contributed by atoms with Crippen molar-refractivity contribution in [2.24, 2.45) is 5.92 Å². The van der Waals surface area contributed by atoms with Gasteiger partial charge in [-0.1, -0.05) is 57.3 Å². The van der Waals surface area contributed by atoms with Gasteiger partial charge in [0.05, 0.1) is 6.54 Å². The highest BCUT2D eigenvalue weighted by atomic mass is 35.5. The van der Waals surface area contributed by atoms with Crippen molar-refractivity contribution < 1.29 is 4.79 Å². The number of rotatable bonds is 10. The first-order valence-electron chi connectivity index (χ1n) is 9.65. The molecule has 0 fully saturated rings. The number of aromatic nitrogens is 1. The number of carbonyl (C=O) groups is 1. The summed E-state index contributed by atoms with van der Waals surface area (Å²) in [6, 6.07) is 12.1. The Morgan fingerprint density at radius 3 is 2.69 bits per heavy atom. The molecule has 1 aromatic carbocycles. The molecule has 0 aliphatic carbocycles. The van der Waals surface area contributed by atoms with Gasteiger partial charge in [-0.3, -0.25) is 4.79 Å². The van der Waals surface area contributed by atoms with Crippen molar-refractivity contribution in [2.75, 3.05) is 6.54 Å². The zero-order valence-corrected chi connectivity index (χ0v) is 17.0. The van der Waals surface area contributed by atoms with Gasteiger partial charge in [0.2, 0.25) is 5.91 Å². The zero-order valence-electron chi connectivity index (χ0n) is 16.2. The van der Waals surface area contributed by atoms with Crippen LogP contribution in [0.3, 0.4) is 0 Å². The van der Waals surface area contributed by atoms with E-state index >= 15 is 0 Å². The van der Waals surface area contributed by atoms with Crippen LogP contribution in [-0.4, -0.2) is 21.9 Å². The largest absolute Gasteiger partial charge is 0.345 e. The maximum Gasteiger partial charge on any atom is 0.223 e. The minimum Gasteiger partial charge on any atom is -0.345 e. The predicted molar refractivity (Wildman–Crippen MR) is 109 cm³/mol. The van der Waals surface area contributed by atoms with E-state index in [0.29, 0.717) is 18.9 Å². The Balaban J connectivity index is 2.09. The highest BCUT2D eigenvalue weighted by Crippen LogP contribution is 2.16. The van der Waals surface area contributed by atoms with Gasteiger partial charge in [-0.05, 0) is 42.2 Å². The Kier molecular flexibility index (Phi) is 8.24. The first-order chi connectivity index (χ1) is 12.5. The van der Waals surface area contributed by atoms with Crippen molar-refractivity contribution in [2.45, 2.75) is 59.5 Å². The van der Waals surface area contributed by atoms with E-state index in [1.165, 1.54) is 11.3 Å². The molecular weight excluding hydrogens is 344 g/mol. The molecule has 0 aliphatic heterocycles. The molecule has 142 valence electrons. The van der Waals surface area contributed by atoms with Gasteiger partial charge in [0.25, 0.3) is 0 Å². The standard InChI is InChI=1S/C22H31ClN2O/c1-4-5-6-12-25(22(26)14-18(2)3)17-21-11-8-13-24(21)16-19-9-7-10-20(23)15-19/h7-11,13,15,18H,4-6,12,14,16-17H2,1-3H3. The minimum absolute atomic E-state index is 0.256. The third-order valence-corrected chi connectivity index (χ3v) is 4.72. The summed E-state index contributed by atoms with van der Waals surface area (Å²) in [6.45, 7) is 8.67. The summed E-state index contributed by atoms with van der Waals surface area (Å²) < 4.78 is 2.21. The van der Waals surface area contributed by atoms with Gasteiger partial charge in [-0.2, -0.15) is 0 Å². The molecule has 0 unspecified atom stereocenters. The lowest BCUT2D eigenvalue weighted by Gasteiger charge is -2.24. The molecule has 0 N–H and O–H groups in total. The van der Waals surface area contributed by atoms with E-state index in [2.05, 4.69) is 49.7 Å². The second-order valence-electron chi connectivity index (χ2n) is 7.38. The first-order valence-corrected chi connectivity index (χ1v) is 10.0. The maximum absolute atomic E-state index is 12.7. The fourth-order valence-electron chi connectivity index (χ4n) is 3.10. The molecule has 4 heteroatoms. The number of unbranched alkanes of at least 4 members (excludes halogenated alkanes) is 2. The van der Waals surface area contributed by atoms with Gasteiger partial charge in [0.1, 0.15) is 0 Å². The summed E-state index contributed by atoms with van der Waals surface area (Å²) in [6.07, 6.45) is 6.08. The van der Waals surface area contributed by atoms with Crippen molar-refractivity contribution in [1.82, 2.24) is 9.47 Å². The lowest BCUT2D eigenvalue weighted by molar-refractivity contribution is -0.132. The van der Waals surface area contributed by atoms with E-state index in [4.69, 9.17) is 11.6 Å². The second kappa shape index (κ2) is 10.4. The van der Waals surface area contributed by atoms with Crippen LogP contribution in [0.2, 0.25) is 5.02 Å². The van der Waals surface area contributed by atoms with Gasteiger partial charge in [0, 0.05) is 36.4 Å². The molecule has 0 saturated heterocycles. The van der Waals surface area contributed by atoms with E-state index in [0.717, 1.165) is 37.4 Å². The summed E-state index contributed by atoms with van der Waals surface area (Å²) in [4.78, 5) is 14.7. The molecule has 1 amide bonds. The molecule has 0 bridgehead atoms. The SMILES string of the molecule is CCCCCN(Cc1cccn1Cc1cccc(Cl)c1)C(=O)CC(C)C. The van der Waals surface area contributed by atoms with Gasteiger partial charge in [-0.15, -0.1) is 0 Å². The molecule has 0 aliphatic rings. The van der Waals surface area contributed by atoms with Crippen LogP contribution < -0.4 is 0 Å². The molecule has 26 heavy (non-hydrogen) atoms. The lowest BCUT2D eigenvalue weighted by atomic mass is 10.1. The number of hydrogen-bond acceptors (Lipinski definition) is 1. The number of carbonyl (C=O) groups excluding carboxylic acids is 1. The van der Waals surface area contributed by atoms with Crippen molar-refractivity contribution in [3.05, 3.63) is 58.9 Å². The molecular formula is C22H31ClN2O. The minimum atomic E-state index is 0.256. The lowest BCUT2D eigenvalue weighted by Crippen LogP contribution is -2.33. The van der Waals surface area contributed by atoms with Crippen LogP contribution in [0.25, 0.3) is 0 Å². The molecule has 1 heterocycles. The Hall–Kier alpha value is -1.74. The molecule has 0 radical (unpaired) electrons. The van der Waals surface area contributed by atoms with Gasteiger partial charge >= 0.3 is 0 Å². The molecule has 0 saturated carbocycles. The molecule has 1 aromatic heterocycles. The van der Waals surface area contributed by atoms with E-state index in [9.17, 15) is 4.79 Å². The topological polar surface area (TPSA) is 25.2 Å². The Morgan fingerprint density at radius 2 is 2.00 bits per heavy atom. The normalized spacial score (nSPS) is 11.1. The average molecular weight is 375 g/mol. The Morgan fingerprint density at radius 1 is 1.19 bits per heavy atom. The summed E-state index contributed by atoms with van der Waals surface area (Å²) in [5.74, 6) is 0.640. The monoisotopic (exact) mass is 374 g/mol. The van der Waals surface area contributed by atoms with E-state index in [1.54, 1.807) is 0 Å². The van der Waals surface area contributed by atoms with Crippen LogP contribution >= 0.6 is 11.6 Å². The van der Waals surface area contributed by atoms with Crippen LogP contribution in [-0.2, 0) is 17.9 Å². The molecule has 2 aromatic rings. The Bertz CT molecular complexity index is 693. The average Bonchev–Trinajstić information content (AvgIpc) is 3.00. The smallest absolute Gasteiger partial charge is 0.223 e. The maximum atomic E-state index is 12.7. The van der Waals surface area contributed by atoms with Gasteiger partial charge < -0.3 is 9.47 Å². The van der Waals surface area contributed by atoms with Gasteiger partial charge in [0.15, 0.2) is 0 Å². The van der Waals surface area contributed by atoms with E-state index < -0.39 is 0 Å². The molecule has 0 atom stereocenters. The fourth-order valence-corrected chi connectivity index (χ4v) is 3.31. The number of halogens is 1. The van der Waals surface area contributed by atoms with Crippen molar-refractivity contribution in [3.8, 4) is 0 Å². The predicted octanol–water partition coefficient (Wildman–Crippen LogP) is 5.75. The highest BCUT2D eigenvalue weighted by molar-refractivity contribution is 6.30. The summed E-state index contributed by atoms with van der Waals surface area (Å²) in [7, 11) is 0. The molecule has 3 nitrogen and oxygen atoms in total. The van der Waals surface area contributed by atoms with Crippen molar-refractivity contribution in [1.29, 1.82) is 0 Å². The summed E-state index contributed by atoms with van der Waals surface area (Å²) in [5.41, 5.74) is 2.33. The number of nitrogens with zero attached hydrogens (tertiary/aromatic N) is 2. The summed E-state index contributed by atoms with van der Waals surface area (Å²) in [5, 5.41) is 0.754. The second-order valence-corrected chi connectivity index (χ2v) is 7.81. The number of amides is 1. The fraction of sp³-hybridized carbons (Fsp3) is 0.500. The number of benzene rings is 1. The van der Waals surface area contributed by atoms with Crippen LogP contribution in [0, 0.1) is 5.92 Å². The zero-order chi connectivity index (χ0) is 18.9. The van der Waals surface area contributed by atoms with Crippen LogP contribution in [0.15, 0.2) is 42.6 Å². The van der Waals surface area contributed by atoms with Crippen molar-refractivity contribution >= 4 is 17.5 Å². The highest BCUT2D eigenvalue weighted by Gasteiger charge is 2.16. The molecule has 2 rings (SSSR count). The third kappa shape index (κ3) is 6.53. The van der Waals surface area contributed by atoms with Crippen LogP contribution in [0.4, 0.5) is 0 Å². The Labute approximate surface area is 163 Å². The summed E-state index contributed by atoms with van der Waals surface area (Å²) >= 11 is 6.11.